The van der Waals surface area contributed by atoms with Crippen molar-refractivity contribution in [3.05, 3.63) is 29.3 Å². The van der Waals surface area contributed by atoms with Crippen LogP contribution >= 0.6 is 0 Å². The number of nitrogens with zero attached hydrogens (tertiary/aromatic N) is 1. The summed E-state index contributed by atoms with van der Waals surface area (Å²) in [4.78, 5) is 12.4. The third-order valence-electron chi connectivity index (χ3n) is 4.28. The molecule has 0 atom stereocenters. The number of aryl methyl sites for hydroxylation is 2. The van der Waals surface area contributed by atoms with E-state index >= 15 is 0 Å². The zero-order valence-corrected chi connectivity index (χ0v) is 16.9. The van der Waals surface area contributed by atoms with E-state index in [2.05, 4.69) is 33.0 Å². The third kappa shape index (κ3) is 7.16. The number of hydrogen-bond acceptors (Lipinski definition) is 3. The maximum Gasteiger partial charge on any atom is 0.225 e. The lowest BCUT2D eigenvalue weighted by Crippen LogP contribution is -2.34. The van der Waals surface area contributed by atoms with E-state index in [1.165, 1.54) is 10.6 Å². The number of nitrogens with one attached hydrogen (secondary N) is 1. The number of benzene rings is 1. The fourth-order valence-electron chi connectivity index (χ4n) is 2.68. The molecule has 142 valence electrons. The zero-order valence-electron chi connectivity index (χ0n) is 16.1. The highest BCUT2D eigenvalue weighted by atomic mass is 32.2. The second-order valence-corrected chi connectivity index (χ2v) is 8.78. The van der Waals surface area contributed by atoms with Gasteiger partial charge in [-0.3, -0.25) is 4.79 Å². The summed E-state index contributed by atoms with van der Waals surface area (Å²) in [6, 6.07) is 6.03. The average molecular weight is 369 g/mol. The van der Waals surface area contributed by atoms with Gasteiger partial charge in [0.15, 0.2) is 0 Å². The van der Waals surface area contributed by atoms with E-state index in [-0.39, 0.29) is 18.9 Å². The van der Waals surface area contributed by atoms with Gasteiger partial charge in [0.2, 0.25) is 15.9 Å². The largest absolute Gasteiger partial charge is 0.326 e. The fraction of sp³-hybridized carbons (Fsp3) is 0.632. The van der Waals surface area contributed by atoms with Gasteiger partial charge in [0.1, 0.15) is 0 Å². The van der Waals surface area contributed by atoms with E-state index in [0.29, 0.717) is 12.5 Å². The Hall–Kier alpha value is -1.40. The molecule has 0 unspecified atom stereocenters. The van der Waals surface area contributed by atoms with Crippen molar-refractivity contribution >= 4 is 21.6 Å². The smallest absolute Gasteiger partial charge is 0.225 e. The summed E-state index contributed by atoms with van der Waals surface area (Å²) in [5, 5.41) is 2.99. The molecule has 0 bridgehead atoms. The first kappa shape index (κ1) is 21.6. The second-order valence-electron chi connectivity index (χ2n) is 6.80. The standard InChI is InChI=1S/C19H32N2O3S/c1-6-16-9-8-10-17(7-2)19(16)20-18(22)12-14-21(25(5,23)24)13-11-15(3)4/h8-10,15H,6-7,11-14H2,1-5H3,(H,20,22). The van der Waals surface area contributed by atoms with Gasteiger partial charge in [-0.1, -0.05) is 45.9 Å². The van der Waals surface area contributed by atoms with Gasteiger partial charge in [-0.15, -0.1) is 0 Å². The topological polar surface area (TPSA) is 66.5 Å². The van der Waals surface area contributed by atoms with Gasteiger partial charge >= 0.3 is 0 Å². The molecule has 1 aromatic carbocycles. The van der Waals surface area contributed by atoms with Crippen LogP contribution in [-0.4, -0.2) is 38.0 Å². The first-order valence-electron chi connectivity index (χ1n) is 9.04. The molecule has 0 aliphatic rings. The third-order valence-corrected chi connectivity index (χ3v) is 5.58. The molecule has 0 saturated heterocycles. The van der Waals surface area contributed by atoms with Crippen LogP contribution in [0.1, 0.15) is 51.7 Å². The Balaban J connectivity index is 2.76. The SMILES string of the molecule is CCc1cccc(CC)c1NC(=O)CCN(CCC(C)C)S(C)(=O)=O. The molecule has 0 radical (unpaired) electrons. The van der Waals surface area contributed by atoms with E-state index in [4.69, 9.17) is 0 Å². The van der Waals surface area contributed by atoms with Crippen LogP contribution in [-0.2, 0) is 27.7 Å². The predicted molar refractivity (Wildman–Crippen MR) is 104 cm³/mol. The Morgan fingerprint density at radius 3 is 2.12 bits per heavy atom. The Morgan fingerprint density at radius 1 is 1.12 bits per heavy atom. The summed E-state index contributed by atoms with van der Waals surface area (Å²) in [6.07, 6.45) is 3.83. The minimum atomic E-state index is -3.30. The normalized spacial score (nSPS) is 12.0. The molecule has 1 aromatic rings. The Morgan fingerprint density at radius 2 is 1.68 bits per heavy atom. The molecule has 0 heterocycles. The van der Waals surface area contributed by atoms with Gasteiger partial charge in [0.05, 0.1) is 6.26 Å². The van der Waals surface area contributed by atoms with Gasteiger partial charge in [-0.05, 0) is 36.3 Å². The lowest BCUT2D eigenvalue weighted by atomic mass is 10.0. The van der Waals surface area contributed by atoms with Crippen molar-refractivity contribution in [2.45, 2.75) is 53.4 Å². The Kier molecular flexibility index (Phi) is 8.59. The van der Waals surface area contributed by atoms with Crippen LogP contribution in [0.25, 0.3) is 0 Å². The van der Waals surface area contributed by atoms with E-state index in [0.717, 1.165) is 36.1 Å². The summed E-state index contributed by atoms with van der Waals surface area (Å²) in [7, 11) is -3.30. The number of anilines is 1. The van der Waals surface area contributed by atoms with Crippen molar-refractivity contribution in [3.63, 3.8) is 0 Å². The van der Waals surface area contributed by atoms with Crippen molar-refractivity contribution in [2.75, 3.05) is 24.7 Å². The minimum Gasteiger partial charge on any atom is -0.326 e. The summed E-state index contributed by atoms with van der Waals surface area (Å²) >= 11 is 0. The molecule has 0 fully saturated rings. The van der Waals surface area contributed by atoms with E-state index in [1.54, 1.807) is 0 Å². The van der Waals surface area contributed by atoms with Crippen molar-refractivity contribution < 1.29 is 13.2 Å². The van der Waals surface area contributed by atoms with Gasteiger partial charge < -0.3 is 5.32 Å². The Labute approximate surface area is 152 Å². The van der Waals surface area contributed by atoms with Crippen molar-refractivity contribution in [1.82, 2.24) is 4.31 Å². The number of rotatable bonds is 10. The van der Waals surface area contributed by atoms with E-state index in [1.807, 2.05) is 18.2 Å². The lowest BCUT2D eigenvalue weighted by Gasteiger charge is -2.21. The van der Waals surface area contributed by atoms with Crippen LogP contribution in [0.4, 0.5) is 5.69 Å². The number of hydrogen-bond donors (Lipinski definition) is 1. The minimum absolute atomic E-state index is 0.145. The predicted octanol–water partition coefficient (Wildman–Crippen LogP) is 3.45. The zero-order chi connectivity index (χ0) is 19.0. The van der Waals surface area contributed by atoms with Gasteiger partial charge in [0, 0.05) is 25.2 Å². The molecule has 0 saturated carbocycles. The van der Waals surface area contributed by atoms with Crippen LogP contribution in [0, 0.1) is 5.92 Å². The van der Waals surface area contributed by atoms with Crippen LogP contribution in [0.15, 0.2) is 18.2 Å². The monoisotopic (exact) mass is 368 g/mol. The van der Waals surface area contributed by atoms with E-state index < -0.39 is 10.0 Å². The van der Waals surface area contributed by atoms with Gasteiger partial charge in [0.25, 0.3) is 0 Å². The van der Waals surface area contributed by atoms with Crippen LogP contribution < -0.4 is 5.32 Å². The van der Waals surface area contributed by atoms with E-state index in [9.17, 15) is 13.2 Å². The van der Waals surface area contributed by atoms with Crippen molar-refractivity contribution in [1.29, 1.82) is 0 Å². The van der Waals surface area contributed by atoms with Crippen molar-refractivity contribution in [3.8, 4) is 0 Å². The Bertz CT molecular complexity index is 647. The van der Waals surface area contributed by atoms with Crippen molar-refractivity contribution in [2.24, 2.45) is 5.92 Å². The summed E-state index contributed by atoms with van der Waals surface area (Å²) < 4.78 is 25.2. The average Bonchev–Trinajstić information content (AvgIpc) is 2.53. The molecule has 0 aliphatic carbocycles. The first-order valence-corrected chi connectivity index (χ1v) is 10.9. The molecule has 25 heavy (non-hydrogen) atoms. The second kappa shape index (κ2) is 9.92. The highest BCUT2D eigenvalue weighted by Gasteiger charge is 2.18. The molecular weight excluding hydrogens is 336 g/mol. The lowest BCUT2D eigenvalue weighted by molar-refractivity contribution is -0.116. The summed E-state index contributed by atoms with van der Waals surface area (Å²) in [5.74, 6) is 0.274. The maximum atomic E-state index is 12.4. The van der Waals surface area contributed by atoms with Crippen LogP contribution in [0.3, 0.4) is 0 Å². The number of amides is 1. The first-order chi connectivity index (χ1) is 11.7. The molecule has 1 rings (SSSR count). The van der Waals surface area contributed by atoms with Gasteiger partial charge in [-0.2, -0.15) is 0 Å². The number of para-hydroxylation sites is 1. The molecular formula is C19H32N2O3S. The highest BCUT2D eigenvalue weighted by molar-refractivity contribution is 7.88. The maximum absolute atomic E-state index is 12.4. The summed E-state index contributed by atoms with van der Waals surface area (Å²) in [5.41, 5.74) is 3.09. The molecule has 0 aliphatic heterocycles. The molecule has 0 spiro atoms. The quantitative estimate of drug-likeness (QED) is 0.688. The fourth-order valence-corrected chi connectivity index (χ4v) is 3.54. The van der Waals surface area contributed by atoms with Gasteiger partial charge in [-0.25, -0.2) is 12.7 Å². The molecule has 1 N–H and O–H groups in total. The number of carbonyl (C=O) groups is 1. The number of sulfonamides is 1. The number of carbonyl (C=O) groups excluding carboxylic acids is 1. The molecule has 0 aromatic heterocycles. The molecule has 6 heteroatoms. The van der Waals surface area contributed by atoms with Crippen LogP contribution in [0.2, 0.25) is 0 Å². The molecule has 5 nitrogen and oxygen atoms in total. The summed E-state index contributed by atoms with van der Waals surface area (Å²) in [6.45, 7) is 8.90. The highest BCUT2D eigenvalue weighted by Crippen LogP contribution is 2.22. The van der Waals surface area contributed by atoms with Crippen LogP contribution in [0.5, 0.6) is 0 Å². The molecule has 1 amide bonds.